The maximum atomic E-state index is 12.2. The third-order valence-corrected chi connectivity index (χ3v) is 5.00. The molecule has 5 heteroatoms. The van der Waals surface area contributed by atoms with Crippen LogP contribution in [0.4, 0.5) is 0 Å². The molecule has 1 unspecified atom stereocenters. The van der Waals surface area contributed by atoms with Crippen LogP contribution < -0.4 is 5.32 Å². The van der Waals surface area contributed by atoms with Gasteiger partial charge in [-0.15, -0.1) is 0 Å². The molecule has 2 aliphatic heterocycles. The van der Waals surface area contributed by atoms with Gasteiger partial charge in [-0.3, -0.25) is 9.69 Å². The molecule has 1 aromatic rings. The van der Waals surface area contributed by atoms with E-state index in [0.717, 1.165) is 44.3 Å². The first-order valence-corrected chi connectivity index (χ1v) is 8.02. The van der Waals surface area contributed by atoms with E-state index in [0.29, 0.717) is 11.9 Å². The van der Waals surface area contributed by atoms with Crippen LogP contribution in [-0.2, 0) is 4.79 Å². The van der Waals surface area contributed by atoms with Crippen LogP contribution in [0.5, 0.6) is 0 Å². The standard InChI is InChI=1S/C16H22ClN3O/c1-12(14-4-2-3-5-15(14)17)19-6-8-20(9-7-19)16(21)13-10-18-11-13/h2-5,12-13,18H,6-11H2,1H3. The monoisotopic (exact) mass is 307 g/mol. The molecule has 3 rings (SSSR count). The topological polar surface area (TPSA) is 35.6 Å². The molecule has 2 aliphatic rings. The van der Waals surface area contributed by atoms with Crippen LogP contribution in [-0.4, -0.2) is 55.0 Å². The number of hydrogen-bond donors (Lipinski definition) is 1. The number of nitrogens with zero attached hydrogens (tertiary/aromatic N) is 2. The smallest absolute Gasteiger partial charge is 0.228 e. The summed E-state index contributed by atoms with van der Waals surface area (Å²) in [5, 5.41) is 3.99. The predicted molar refractivity (Wildman–Crippen MR) is 84.4 cm³/mol. The van der Waals surface area contributed by atoms with Gasteiger partial charge in [0.15, 0.2) is 0 Å². The SMILES string of the molecule is CC(c1ccccc1Cl)N1CCN(C(=O)C2CNC2)CC1. The van der Waals surface area contributed by atoms with Crippen LogP contribution in [0.1, 0.15) is 18.5 Å². The van der Waals surface area contributed by atoms with Crippen molar-refractivity contribution in [2.24, 2.45) is 5.92 Å². The predicted octanol–water partition coefficient (Wildman–Crippen LogP) is 1.76. The molecular weight excluding hydrogens is 286 g/mol. The Hall–Kier alpha value is -1.10. The van der Waals surface area contributed by atoms with E-state index in [9.17, 15) is 4.79 Å². The summed E-state index contributed by atoms with van der Waals surface area (Å²) in [6, 6.07) is 8.31. The van der Waals surface area contributed by atoms with Crippen molar-refractivity contribution >= 4 is 17.5 Å². The van der Waals surface area contributed by atoms with Gasteiger partial charge in [-0.2, -0.15) is 0 Å². The van der Waals surface area contributed by atoms with Crippen molar-refractivity contribution in [2.75, 3.05) is 39.3 Å². The van der Waals surface area contributed by atoms with Gasteiger partial charge in [0.1, 0.15) is 0 Å². The normalized spacial score (nSPS) is 21.9. The number of rotatable bonds is 3. The number of benzene rings is 1. The average Bonchev–Trinajstić information content (AvgIpc) is 2.45. The maximum absolute atomic E-state index is 12.2. The van der Waals surface area contributed by atoms with Gasteiger partial charge in [0.25, 0.3) is 0 Å². The minimum Gasteiger partial charge on any atom is -0.340 e. The summed E-state index contributed by atoms with van der Waals surface area (Å²) >= 11 is 6.29. The summed E-state index contributed by atoms with van der Waals surface area (Å²) in [7, 11) is 0. The molecule has 0 aliphatic carbocycles. The summed E-state index contributed by atoms with van der Waals surface area (Å²) in [6.07, 6.45) is 0. The molecule has 0 aromatic heterocycles. The molecule has 2 heterocycles. The summed E-state index contributed by atoms with van der Waals surface area (Å²) in [6.45, 7) is 7.35. The molecule has 0 saturated carbocycles. The Morgan fingerprint density at radius 1 is 1.24 bits per heavy atom. The Morgan fingerprint density at radius 3 is 2.48 bits per heavy atom. The molecule has 1 aromatic carbocycles. The van der Waals surface area contributed by atoms with Crippen LogP contribution >= 0.6 is 11.6 Å². The summed E-state index contributed by atoms with van der Waals surface area (Å²) in [4.78, 5) is 16.6. The van der Waals surface area contributed by atoms with E-state index in [1.54, 1.807) is 0 Å². The molecule has 114 valence electrons. The molecule has 21 heavy (non-hydrogen) atoms. The lowest BCUT2D eigenvalue weighted by molar-refractivity contribution is -0.139. The first-order valence-electron chi connectivity index (χ1n) is 7.65. The first-order chi connectivity index (χ1) is 10.2. The van der Waals surface area contributed by atoms with Gasteiger partial charge in [-0.1, -0.05) is 29.8 Å². The van der Waals surface area contributed by atoms with E-state index in [4.69, 9.17) is 11.6 Å². The van der Waals surface area contributed by atoms with E-state index in [1.165, 1.54) is 5.56 Å². The number of piperazine rings is 1. The second kappa shape index (κ2) is 6.34. The molecular formula is C16H22ClN3O. The van der Waals surface area contributed by atoms with E-state index in [-0.39, 0.29) is 5.92 Å². The Balaban J connectivity index is 1.58. The van der Waals surface area contributed by atoms with Crippen molar-refractivity contribution in [1.29, 1.82) is 0 Å². The minimum absolute atomic E-state index is 0.206. The second-order valence-corrected chi connectivity index (χ2v) is 6.32. The quantitative estimate of drug-likeness (QED) is 0.924. The molecule has 1 atom stereocenters. The third kappa shape index (κ3) is 3.07. The molecule has 0 bridgehead atoms. The lowest BCUT2D eigenvalue weighted by Crippen LogP contribution is -2.56. The van der Waals surface area contributed by atoms with Crippen molar-refractivity contribution in [3.63, 3.8) is 0 Å². The first kappa shape index (κ1) is 14.8. The lowest BCUT2D eigenvalue weighted by Gasteiger charge is -2.40. The Morgan fingerprint density at radius 2 is 1.90 bits per heavy atom. The van der Waals surface area contributed by atoms with Crippen molar-refractivity contribution in [1.82, 2.24) is 15.1 Å². The van der Waals surface area contributed by atoms with Gasteiger partial charge in [0.2, 0.25) is 5.91 Å². The van der Waals surface area contributed by atoms with Crippen molar-refractivity contribution in [2.45, 2.75) is 13.0 Å². The van der Waals surface area contributed by atoms with Crippen LogP contribution in [0.15, 0.2) is 24.3 Å². The fourth-order valence-electron chi connectivity index (χ4n) is 3.06. The zero-order valence-electron chi connectivity index (χ0n) is 12.4. The van der Waals surface area contributed by atoms with Gasteiger partial charge in [-0.25, -0.2) is 0 Å². The molecule has 2 saturated heterocycles. The van der Waals surface area contributed by atoms with Crippen LogP contribution in [0.25, 0.3) is 0 Å². The number of nitrogens with one attached hydrogen (secondary N) is 1. The van der Waals surface area contributed by atoms with E-state index < -0.39 is 0 Å². The molecule has 0 radical (unpaired) electrons. The highest BCUT2D eigenvalue weighted by Crippen LogP contribution is 2.28. The van der Waals surface area contributed by atoms with Crippen LogP contribution in [0.2, 0.25) is 5.02 Å². The highest BCUT2D eigenvalue weighted by molar-refractivity contribution is 6.31. The lowest BCUT2D eigenvalue weighted by atomic mass is 10.0. The third-order valence-electron chi connectivity index (χ3n) is 4.66. The average molecular weight is 308 g/mol. The number of carbonyl (C=O) groups is 1. The minimum atomic E-state index is 0.206. The molecule has 0 spiro atoms. The fourth-order valence-corrected chi connectivity index (χ4v) is 3.36. The molecule has 1 N–H and O–H groups in total. The van der Waals surface area contributed by atoms with Crippen molar-refractivity contribution in [3.05, 3.63) is 34.9 Å². The van der Waals surface area contributed by atoms with E-state index in [1.807, 2.05) is 23.1 Å². The number of carbonyl (C=O) groups excluding carboxylic acids is 1. The second-order valence-electron chi connectivity index (χ2n) is 5.91. The van der Waals surface area contributed by atoms with E-state index in [2.05, 4.69) is 23.2 Å². The molecule has 1 amide bonds. The Bertz CT molecular complexity index is 510. The van der Waals surface area contributed by atoms with Gasteiger partial charge >= 0.3 is 0 Å². The van der Waals surface area contributed by atoms with Gasteiger partial charge in [0, 0.05) is 50.3 Å². The highest BCUT2D eigenvalue weighted by Gasteiger charge is 2.32. The number of hydrogen-bond acceptors (Lipinski definition) is 3. The van der Waals surface area contributed by atoms with Gasteiger partial charge < -0.3 is 10.2 Å². The molecule has 2 fully saturated rings. The molecule has 4 nitrogen and oxygen atoms in total. The van der Waals surface area contributed by atoms with Gasteiger partial charge in [0.05, 0.1) is 5.92 Å². The Labute approximate surface area is 131 Å². The highest BCUT2D eigenvalue weighted by atomic mass is 35.5. The zero-order valence-corrected chi connectivity index (χ0v) is 13.1. The van der Waals surface area contributed by atoms with Crippen molar-refractivity contribution < 1.29 is 4.79 Å². The van der Waals surface area contributed by atoms with Crippen molar-refractivity contribution in [3.8, 4) is 0 Å². The van der Waals surface area contributed by atoms with E-state index >= 15 is 0 Å². The summed E-state index contributed by atoms with van der Waals surface area (Å²) < 4.78 is 0. The number of halogens is 1. The maximum Gasteiger partial charge on any atom is 0.228 e. The largest absolute Gasteiger partial charge is 0.340 e. The Kier molecular flexibility index (Phi) is 4.48. The van der Waals surface area contributed by atoms with Crippen LogP contribution in [0, 0.1) is 5.92 Å². The summed E-state index contributed by atoms with van der Waals surface area (Å²) in [5.41, 5.74) is 1.17. The number of amides is 1. The van der Waals surface area contributed by atoms with Crippen LogP contribution in [0.3, 0.4) is 0 Å². The van der Waals surface area contributed by atoms with Gasteiger partial charge in [-0.05, 0) is 18.6 Å². The fraction of sp³-hybridized carbons (Fsp3) is 0.562. The summed E-state index contributed by atoms with van der Waals surface area (Å²) in [5.74, 6) is 0.524. The zero-order chi connectivity index (χ0) is 14.8.